The smallest absolute Gasteiger partial charge is 0.119 e. The van der Waals surface area contributed by atoms with Crippen LogP contribution in [0, 0.1) is 0 Å². The lowest BCUT2D eigenvalue weighted by Crippen LogP contribution is -2.18. The number of nitrogens with one attached hydrogen (secondary N) is 1. The molecule has 2 rings (SSSR count). The van der Waals surface area contributed by atoms with E-state index in [2.05, 4.69) is 32.7 Å². The van der Waals surface area contributed by atoms with Crippen LogP contribution in [0.4, 0.5) is 0 Å². The topological polar surface area (TPSA) is 30.5 Å². The Morgan fingerprint density at radius 3 is 2.95 bits per heavy atom. The maximum absolute atomic E-state index is 5.64. The van der Waals surface area contributed by atoms with Crippen molar-refractivity contribution in [3.05, 3.63) is 50.6 Å². The summed E-state index contributed by atoms with van der Waals surface area (Å²) in [7, 11) is 1.67. The van der Waals surface area contributed by atoms with Crippen LogP contribution in [-0.2, 0) is 17.9 Å². The third-order valence-corrected chi connectivity index (χ3v) is 4.44. The predicted molar refractivity (Wildman–Crippen MR) is 86.4 cm³/mol. The van der Waals surface area contributed by atoms with Crippen molar-refractivity contribution in [2.45, 2.75) is 13.2 Å². The molecule has 0 radical (unpaired) electrons. The lowest BCUT2D eigenvalue weighted by Gasteiger charge is -2.07. The monoisotopic (exact) mass is 355 g/mol. The molecule has 1 aromatic heterocycles. The third kappa shape index (κ3) is 5.25. The highest BCUT2D eigenvalue weighted by Crippen LogP contribution is 2.19. The minimum atomic E-state index is 0.615. The molecule has 0 aliphatic heterocycles. The second-order valence-corrected chi connectivity index (χ2v) is 6.22. The Bertz CT molecular complexity index is 530. The van der Waals surface area contributed by atoms with Crippen LogP contribution in [0.2, 0.25) is 0 Å². The zero-order valence-electron chi connectivity index (χ0n) is 11.4. The maximum Gasteiger partial charge on any atom is 0.119 e. The Balaban J connectivity index is 1.59. The van der Waals surface area contributed by atoms with E-state index in [0.29, 0.717) is 13.2 Å². The first-order valence-electron chi connectivity index (χ1n) is 6.42. The minimum Gasteiger partial charge on any atom is -0.497 e. The van der Waals surface area contributed by atoms with Crippen molar-refractivity contribution < 1.29 is 9.47 Å². The fraction of sp³-hybridized carbons (Fsp3) is 0.333. The average molecular weight is 356 g/mol. The van der Waals surface area contributed by atoms with Crippen molar-refractivity contribution in [3.63, 3.8) is 0 Å². The Morgan fingerprint density at radius 1 is 1.30 bits per heavy atom. The molecule has 1 aromatic carbocycles. The Kier molecular flexibility index (Phi) is 6.53. The molecule has 3 nitrogen and oxygen atoms in total. The first-order valence-corrected chi connectivity index (χ1v) is 8.09. The molecular weight excluding hydrogens is 338 g/mol. The molecule has 0 fully saturated rings. The van der Waals surface area contributed by atoms with Gasteiger partial charge in [-0.2, -0.15) is 0 Å². The van der Waals surface area contributed by atoms with Crippen molar-refractivity contribution >= 4 is 27.3 Å². The molecule has 108 valence electrons. The van der Waals surface area contributed by atoms with Crippen LogP contribution >= 0.6 is 27.3 Å². The highest BCUT2D eigenvalue weighted by Gasteiger charge is 1.98. The zero-order chi connectivity index (χ0) is 14.2. The number of methoxy groups -OCH3 is 1. The van der Waals surface area contributed by atoms with Crippen LogP contribution in [-0.4, -0.2) is 20.3 Å². The van der Waals surface area contributed by atoms with Crippen molar-refractivity contribution in [1.82, 2.24) is 5.32 Å². The highest BCUT2D eigenvalue weighted by atomic mass is 79.9. The van der Waals surface area contributed by atoms with Gasteiger partial charge >= 0.3 is 0 Å². The van der Waals surface area contributed by atoms with Gasteiger partial charge in [0.15, 0.2) is 0 Å². The van der Waals surface area contributed by atoms with E-state index < -0.39 is 0 Å². The van der Waals surface area contributed by atoms with Gasteiger partial charge in [-0.05, 0) is 39.7 Å². The second kappa shape index (κ2) is 8.42. The summed E-state index contributed by atoms with van der Waals surface area (Å²) in [4.78, 5) is 1.32. The van der Waals surface area contributed by atoms with E-state index in [0.717, 1.165) is 28.9 Å². The molecule has 5 heteroatoms. The van der Waals surface area contributed by atoms with Gasteiger partial charge < -0.3 is 14.8 Å². The predicted octanol–water partition coefficient (Wildman–Crippen LogP) is 3.83. The van der Waals surface area contributed by atoms with Gasteiger partial charge in [0.2, 0.25) is 0 Å². The van der Waals surface area contributed by atoms with Crippen LogP contribution in [0.1, 0.15) is 10.4 Å². The molecule has 0 bridgehead atoms. The number of halogens is 1. The summed E-state index contributed by atoms with van der Waals surface area (Å²) < 4.78 is 12.0. The standard InChI is InChI=1S/C15H18BrNO2S/c1-18-14-4-2-3-12(7-14)10-19-6-5-17-9-15-8-13(16)11-20-15/h2-4,7-8,11,17H,5-6,9-10H2,1H3. The summed E-state index contributed by atoms with van der Waals surface area (Å²) in [6, 6.07) is 10.1. The quantitative estimate of drug-likeness (QED) is 0.730. The average Bonchev–Trinajstić information content (AvgIpc) is 2.88. The van der Waals surface area contributed by atoms with Crippen molar-refractivity contribution in [2.75, 3.05) is 20.3 Å². The summed E-state index contributed by atoms with van der Waals surface area (Å²) in [5, 5.41) is 5.46. The first-order chi connectivity index (χ1) is 9.78. The summed E-state index contributed by atoms with van der Waals surface area (Å²) in [6.07, 6.45) is 0. The van der Waals surface area contributed by atoms with Gasteiger partial charge in [0.05, 0.1) is 20.3 Å². The number of thiophene rings is 1. The van der Waals surface area contributed by atoms with Crippen LogP contribution < -0.4 is 10.1 Å². The van der Waals surface area contributed by atoms with E-state index in [9.17, 15) is 0 Å². The normalized spacial score (nSPS) is 10.7. The van der Waals surface area contributed by atoms with Gasteiger partial charge in [-0.25, -0.2) is 0 Å². The van der Waals surface area contributed by atoms with Gasteiger partial charge in [0.1, 0.15) is 5.75 Å². The number of ether oxygens (including phenoxy) is 2. The number of hydrogen-bond acceptors (Lipinski definition) is 4. The molecular formula is C15H18BrNO2S. The van der Waals surface area contributed by atoms with Gasteiger partial charge in [-0.1, -0.05) is 12.1 Å². The lowest BCUT2D eigenvalue weighted by molar-refractivity contribution is 0.122. The Hall–Kier alpha value is -0.880. The van der Waals surface area contributed by atoms with Crippen LogP contribution in [0.5, 0.6) is 5.75 Å². The molecule has 0 spiro atoms. The van der Waals surface area contributed by atoms with E-state index >= 15 is 0 Å². The number of hydrogen-bond donors (Lipinski definition) is 1. The molecule has 0 saturated heterocycles. The lowest BCUT2D eigenvalue weighted by atomic mass is 10.2. The zero-order valence-corrected chi connectivity index (χ0v) is 13.8. The van der Waals surface area contributed by atoms with E-state index in [1.807, 2.05) is 24.3 Å². The SMILES string of the molecule is COc1cccc(COCCNCc2cc(Br)cs2)c1. The fourth-order valence-electron chi connectivity index (χ4n) is 1.75. The minimum absolute atomic E-state index is 0.615. The molecule has 0 saturated carbocycles. The van der Waals surface area contributed by atoms with E-state index in [-0.39, 0.29) is 0 Å². The van der Waals surface area contributed by atoms with Gasteiger partial charge in [0.25, 0.3) is 0 Å². The number of benzene rings is 1. The van der Waals surface area contributed by atoms with Gasteiger partial charge in [-0.3, -0.25) is 0 Å². The first kappa shape index (κ1) is 15.5. The molecule has 0 atom stereocenters. The Labute approximate surface area is 132 Å². The van der Waals surface area contributed by atoms with Crippen LogP contribution in [0.25, 0.3) is 0 Å². The van der Waals surface area contributed by atoms with E-state index in [1.165, 1.54) is 4.88 Å². The Morgan fingerprint density at radius 2 is 2.20 bits per heavy atom. The van der Waals surface area contributed by atoms with Crippen molar-refractivity contribution in [2.24, 2.45) is 0 Å². The van der Waals surface area contributed by atoms with Crippen LogP contribution in [0.3, 0.4) is 0 Å². The van der Waals surface area contributed by atoms with E-state index in [1.54, 1.807) is 18.4 Å². The van der Waals surface area contributed by atoms with Gasteiger partial charge in [0, 0.05) is 27.8 Å². The summed E-state index contributed by atoms with van der Waals surface area (Å²) >= 11 is 5.20. The second-order valence-electron chi connectivity index (χ2n) is 4.31. The third-order valence-electron chi connectivity index (χ3n) is 2.75. The molecule has 0 amide bonds. The van der Waals surface area contributed by atoms with Crippen molar-refractivity contribution in [1.29, 1.82) is 0 Å². The maximum atomic E-state index is 5.64. The van der Waals surface area contributed by atoms with Crippen LogP contribution in [0.15, 0.2) is 40.2 Å². The molecule has 20 heavy (non-hydrogen) atoms. The molecule has 1 N–H and O–H groups in total. The fourth-order valence-corrected chi connectivity index (χ4v) is 3.18. The summed E-state index contributed by atoms with van der Waals surface area (Å²) in [6.45, 7) is 3.05. The molecule has 2 aromatic rings. The summed E-state index contributed by atoms with van der Waals surface area (Å²) in [5.41, 5.74) is 1.13. The number of rotatable bonds is 8. The molecule has 1 heterocycles. The molecule has 0 aliphatic carbocycles. The largest absolute Gasteiger partial charge is 0.497 e. The van der Waals surface area contributed by atoms with E-state index in [4.69, 9.17) is 9.47 Å². The highest BCUT2D eigenvalue weighted by molar-refractivity contribution is 9.10. The summed E-state index contributed by atoms with van der Waals surface area (Å²) in [5.74, 6) is 0.868. The molecule has 0 aliphatic rings. The molecule has 0 unspecified atom stereocenters. The van der Waals surface area contributed by atoms with Crippen molar-refractivity contribution in [3.8, 4) is 5.75 Å². The van der Waals surface area contributed by atoms with Gasteiger partial charge in [-0.15, -0.1) is 11.3 Å².